The van der Waals surface area contributed by atoms with E-state index in [0.29, 0.717) is 9.23 Å². The van der Waals surface area contributed by atoms with Crippen molar-refractivity contribution in [1.29, 1.82) is 0 Å². The number of para-hydroxylation sites is 1. The van der Waals surface area contributed by atoms with Crippen molar-refractivity contribution in [1.82, 2.24) is 9.47 Å². The first-order valence-corrected chi connectivity index (χ1v) is 8.78. The monoisotopic (exact) mass is 360 g/mol. The minimum Gasteiger partial charge on any atom is -0.481 e. The number of carboxylic acids is 1. The number of benzene rings is 1. The van der Waals surface area contributed by atoms with Crippen molar-refractivity contribution in [2.45, 2.75) is 19.9 Å². The molecule has 1 N–H and O–H groups in total. The molecule has 1 aliphatic heterocycles. The number of fused-ring (bicyclic) bond motifs is 1. The maximum atomic E-state index is 12.5. The lowest BCUT2D eigenvalue weighted by molar-refractivity contribution is -0.137. The third-order valence-electron chi connectivity index (χ3n) is 3.87. The number of carbonyl (C=O) groups is 2. The van der Waals surface area contributed by atoms with Gasteiger partial charge < -0.3 is 9.67 Å². The van der Waals surface area contributed by atoms with Crippen LogP contribution < -0.4 is 0 Å². The third kappa shape index (κ3) is 3.09. The molecule has 5 nitrogen and oxygen atoms in total. The number of hydrogen-bond acceptors (Lipinski definition) is 4. The van der Waals surface area contributed by atoms with Crippen molar-refractivity contribution in [3.05, 3.63) is 40.9 Å². The second-order valence-electron chi connectivity index (χ2n) is 5.36. The molecule has 1 aromatic carbocycles. The fourth-order valence-corrected chi connectivity index (χ4v) is 3.99. The summed E-state index contributed by atoms with van der Waals surface area (Å²) in [6.45, 7) is 3.02. The summed E-state index contributed by atoms with van der Waals surface area (Å²) < 4.78 is 2.54. The molecule has 0 radical (unpaired) electrons. The SMILES string of the molecule is CCn1cc(/C=C2/SC(=S)N(CCC(=O)O)C2=O)c2ccccc21. The van der Waals surface area contributed by atoms with Gasteiger partial charge in [0.25, 0.3) is 5.91 Å². The van der Waals surface area contributed by atoms with E-state index in [9.17, 15) is 9.59 Å². The molecule has 7 heteroatoms. The molecule has 0 bridgehead atoms. The molecule has 1 amide bonds. The van der Waals surface area contributed by atoms with Gasteiger partial charge in [-0.05, 0) is 19.1 Å². The summed E-state index contributed by atoms with van der Waals surface area (Å²) in [4.78, 5) is 25.1. The van der Waals surface area contributed by atoms with Crippen molar-refractivity contribution >= 4 is 57.2 Å². The molecule has 1 fully saturated rings. The molecular weight excluding hydrogens is 344 g/mol. The van der Waals surface area contributed by atoms with Crippen LogP contribution in [0.15, 0.2) is 35.4 Å². The van der Waals surface area contributed by atoms with Crippen LogP contribution in [0.1, 0.15) is 18.9 Å². The number of aliphatic carboxylic acids is 1. The first-order valence-electron chi connectivity index (χ1n) is 7.56. The molecule has 3 rings (SSSR count). The number of aromatic nitrogens is 1. The smallest absolute Gasteiger partial charge is 0.305 e. The maximum Gasteiger partial charge on any atom is 0.305 e. The highest BCUT2D eigenvalue weighted by atomic mass is 32.2. The molecule has 1 aliphatic rings. The lowest BCUT2D eigenvalue weighted by atomic mass is 10.1. The second-order valence-corrected chi connectivity index (χ2v) is 7.04. The first-order chi connectivity index (χ1) is 11.5. The predicted molar refractivity (Wildman–Crippen MR) is 99.7 cm³/mol. The number of aryl methyl sites for hydroxylation is 1. The van der Waals surface area contributed by atoms with Crippen molar-refractivity contribution in [3.8, 4) is 0 Å². The van der Waals surface area contributed by atoms with Gasteiger partial charge in [0.05, 0.1) is 11.3 Å². The molecule has 24 heavy (non-hydrogen) atoms. The topological polar surface area (TPSA) is 62.5 Å². The van der Waals surface area contributed by atoms with Gasteiger partial charge in [0, 0.05) is 35.8 Å². The number of carbonyl (C=O) groups excluding carboxylic acids is 1. The number of carboxylic acid groups (broad SMARTS) is 1. The Morgan fingerprint density at radius 2 is 2.12 bits per heavy atom. The Labute approximate surface area is 148 Å². The number of nitrogens with zero attached hydrogens (tertiary/aromatic N) is 2. The largest absolute Gasteiger partial charge is 0.481 e. The Bertz CT molecular complexity index is 870. The van der Waals surface area contributed by atoms with E-state index in [1.807, 2.05) is 36.5 Å². The van der Waals surface area contributed by atoms with Gasteiger partial charge in [-0.3, -0.25) is 14.5 Å². The summed E-state index contributed by atoms with van der Waals surface area (Å²) in [5, 5.41) is 9.87. The summed E-state index contributed by atoms with van der Waals surface area (Å²) in [6, 6.07) is 8.04. The van der Waals surface area contributed by atoms with Crippen LogP contribution in [0, 0.1) is 0 Å². The fraction of sp³-hybridized carbons (Fsp3) is 0.235. The number of thiocarbonyl (C=S) groups is 1. The summed E-state index contributed by atoms with van der Waals surface area (Å²) in [6.07, 6.45) is 3.75. The van der Waals surface area contributed by atoms with E-state index in [4.69, 9.17) is 17.3 Å². The average molecular weight is 360 g/mol. The molecule has 0 atom stereocenters. The van der Waals surface area contributed by atoms with Crippen LogP contribution in [0.2, 0.25) is 0 Å². The van der Waals surface area contributed by atoms with Crippen LogP contribution in [0.5, 0.6) is 0 Å². The van der Waals surface area contributed by atoms with Crippen LogP contribution in [-0.2, 0) is 16.1 Å². The minimum atomic E-state index is -0.945. The van der Waals surface area contributed by atoms with Gasteiger partial charge in [-0.1, -0.05) is 42.2 Å². The van der Waals surface area contributed by atoms with Crippen LogP contribution in [0.4, 0.5) is 0 Å². The van der Waals surface area contributed by atoms with E-state index in [0.717, 1.165) is 23.0 Å². The van der Waals surface area contributed by atoms with E-state index >= 15 is 0 Å². The molecule has 0 unspecified atom stereocenters. The van der Waals surface area contributed by atoms with E-state index in [2.05, 4.69) is 11.5 Å². The highest BCUT2D eigenvalue weighted by Crippen LogP contribution is 2.34. The van der Waals surface area contributed by atoms with Crippen molar-refractivity contribution in [3.63, 3.8) is 0 Å². The van der Waals surface area contributed by atoms with E-state index in [-0.39, 0.29) is 18.9 Å². The van der Waals surface area contributed by atoms with Crippen molar-refractivity contribution in [2.24, 2.45) is 0 Å². The van der Waals surface area contributed by atoms with Crippen molar-refractivity contribution < 1.29 is 14.7 Å². The number of hydrogen-bond donors (Lipinski definition) is 1. The zero-order chi connectivity index (χ0) is 17.3. The second kappa shape index (κ2) is 6.78. The standard InChI is InChI=1S/C17H16N2O3S2/c1-2-18-10-11(12-5-3-4-6-13(12)18)9-14-16(22)19(17(23)24-14)8-7-15(20)21/h3-6,9-10H,2,7-8H2,1H3,(H,20,21)/b14-9+. The lowest BCUT2D eigenvalue weighted by Crippen LogP contribution is -2.30. The Morgan fingerprint density at radius 1 is 1.38 bits per heavy atom. The summed E-state index contributed by atoms with van der Waals surface area (Å²) in [5.74, 6) is -1.17. The number of amides is 1. The number of thioether (sulfide) groups is 1. The maximum absolute atomic E-state index is 12.5. The van der Waals surface area contributed by atoms with Gasteiger partial charge in [-0.2, -0.15) is 0 Å². The lowest BCUT2D eigenvalue weighted by Gasteiger charge is -2.12. The highest BCUT2D eigenvalue weighted by Gasteiger charge is 2.32. The Kier molecular flexibility index (Phi) is 4.73. The predicted octanol–water partition coefficient (Wildman–Crippen LogP) is 3.34. The van der Waals surface area contributed by atoms with Crippen LogP contribution >= 0.6 is 24.0 Å². The molecule has 0 spiro atoms. The van der Waals surface area contributed by atoms with Gasteiger partial charge in [-0.15, -0.1) is 0 Å². The van der Waals surface area contributed by atoms with Crippen LogP contribution in [0.25, 0.3) is 17.0 Å². The van der Waals surface area contributed by atoms with E-state index in [1.165, 1.54) is 16.7 Å². The molecular formula is C17H16N2O3S2. The summed E-state index contributed by atoms with van der Waals surface area (Å²) in [7, 11) is 0. The Hall–Kier alpha value is -2.12. The van der Waals surface area contributed by atoms with Gasteiger partial charge in [0.15, 0.2) is 0 Å². The van der Waals surface area contributed by atoms with Crippen molar-refractivity contribution in [2.75, 3.05) is 6.54 Å². The fourth-order valence-electron chi connectivity index (χ4n) is 2.69. The van der Waals surface area contributed by atoms with Gasteiger partial charge in [0.2, 0.25) is 0 Å². The normalized spacial score (nSPS) is 16.5. The van der Waals surface area contributed by atoms with E-state index in [1.54, 1.807) is 0 Å². The molecule has 1 saturated heterocycles. The van der Waals surface area contributed by atoms with Gasteiger partial charge in [-0.25, -0.2) is 0 Å². The van der Waals surface area contributed by atoms with Crippen LogP contribution in [0.3, 0.4) is 0 Å². The third-order valence-corrected chi connectivity index (χ3v) is 5.25. The Morgan fingerprint density at radius 3 is 2.83 bits per heavy atom. The Balaban J connectivity index is 1.94. The zero-order valence-electron chi connectivity index (χ0n) is 13.1. The van der Waals surface area contributed by atoms with Gasteiger partial charge in [0.1, 0.15) is 4.32 Å². The highest BCUT2D eigenvalue weighted by molar-refractivity contribution is 8.26. The van der Waals surface area contributed by atoms with Crippen LogP contribution in [-0.4, -0.2) is 37.3 Å². The molecule has 0 saturated carbocycles. The summed E-state index contributed by atoms with van der Waals surface area (Å²) in [5.41, 5.74) is 2.08. The first kappa shape index (κ1) is 16.7. The number of rotatable bonds is 5. The van der Waals surface area contributed by atoms with E-state index < -0.39 is 5.97 Å². The van der Waals surface area contributed by atoms with Gasteiger partial charge >= 0.3 is 5.97 Å². The molecule has 124 valence electrons. The zero-order valence-corrected chi connectivity index (χ0v) is 14.7. The quantitative estimate of drug-likeness (QED) is 0.654. The molecule has 2 heterocycles. The molecule has 1 aromatic heterocycles. The molecule has 0 aliphatic carbocycles. The average Bonchev–Trinajstić information content (AvgIpc) is 3.04. The molecule has 2 aromatic rings. The summed E-state index contributed by atoms with van der Waals surface area (Å²) >= 11 is 6.44. The minimum absolute atomic E-state index is 0.105.